The van der Waals surface area contributed by atoms with E-state index >= 15 is 0 Å². The van der Waals surface area contributed by atoms with Crippen LogP contribution in [0.5, 0.6) is 0 Å². The van der Waals surface area contributed by atoms with E-state index < -0.39 is 5.54 Å². The molecule has 0 bridgehead atoms. The third kappa shape index (κ3) is 3.28. The van der Waals surface area contributed by atoms with Crippen LogP contribution in [0.3, 0.4) is 0 Å². The summed E-state index contributed by atoms with van der Waals surface area (Å²) in [4.78, 5) is 14.7. The quantitative estimate of drug-likeness (QED) is 0.258. The summed E-state index contributed by atoms with van der Waals surface area (Å²) in [5, 5.41) is 6.83. The average molecular weight is 258 g/mol. The second-order valence-corrected chi connectivity index (χ2v) is 5.28. The Morgan fingerprint density at radius 1 is 1.76 bits per heavy atom. The summed E-state index contributed by atoms with van der Waals surface area (Å²) >= 11 is 1.76. The molecule has 1 N–H and O–H groups in total. The molecule has 0 aromatic carbocycles. The minimum atomic E-state index is -0.619. The van der Waals surface area contributed by atoms with Gasteiger partial charge in [0, 0.05) is 23.3 Å². The number of nitrogens with zero attached hydrogens (tertiary/aromatic N) is 3. The molecule has 0 spiro atoms. The van der Waals surface area contributed by atoms with Crippen molar-refractivity contribution in [3.63, 3.8) is 0 Å². The molecule has 2 atom stereocenters. The molecule has 96 valence electrons. The van der Waals surface area contributed by atoms with E-state index in [1.54, 1.807) is 18.7 Å². The van der Waals surface area contributed by atoms with Crippen LogP contribution < -0.4 is 5.32 Å². The minimum Gasteiger partial charge on any atom is -0.465 e. The van der Waals surface area contributed by atoms with Crippen LogP contribution in [0.2, 0.25) is 0 Å². The fourth-order valence-corrected chi connectivity index (χ4v) is 3.32. The average Bonchev–Trinajstić information content (AvgIpc) is 2.68. The molecular weight excluding hydrogens is 240 g/mol. The van der Waals surface area contributed by atoms with Crippen molar-refractivity contribution in [2.24, 2.45) is 5.11 Å². The van der Waals surface area contributed by atoms with Gasteiger partial charge in [-0.15, -0.1) is 0 Å². The van der Waals surface area contributed by atoms with Gasteiger partial charge in [0.05, 0.1) is 6.61 Å². The predicted molar refractivity (Wildman–Crippen MR) is 67.9 cm³/mol. The first-order chi connectivity index (χ1) is 8.17. The summed E-state index contributed by atoms with van der Waals surface area (Å²) < 4.78 is 5.14. The molecule has 7 heteroatoms. The molecule has 1 saturated heterocycles. The summed E-state index contributed by atoms with van der Waals surface area (Å²) in [6, 6.07) is 0. The largest absolute Gasteiger partial charge is 0.465 e. The molecule has 1 aliphatic heterocycles. The van der Waals surface area contributed by atoms with Gasteiger partial charge in [0.1, 0.15) is 5.54 Å². The zero-order chi connectivity index (χ0) is 12.7. The van der Waals surface area contributed by atoms with Crippen molar-refractivity contribution in [2.45, 2.75) is 31.1 Å². The van der Waals surface area contributed by atoms with Crippen molar-refractivity contribution in [1.29, 1.82) is 0 Å². The van der Waals surface area contributed by atoms with Crippen molar-refractivity contribution in [3.05, 3.63) is 10.4 Å². The van der Waals surface area contributed by atoms with Crippen LogP contribution in [0.15, 0.2) is 5.11 Å². The number of carbonyl (C=O) groups is 1. The van der Waals surface area contributed by atoms with E-state index in [1.165, 1.54) is 0 Å². The second kappa shape index (κ2) is 6.74. The molecule has 0 aromatic heterocycles. The highest BCUT2D eigenvalue weighted by Crippen LogP contribution is 2.36. The highest BCUT2D eigenvalue weighted by Gasteiger charge is 2.48. The summed E-state index contributed by atoms with van der Waals surface area (Å²) in [7, 11) is 0. The van der Waals surface area contributed by atoms with Crippen LogP contribution in [0.4, 0.5) is 0 Å². The Hall–Kier alpha value is -0.910. The number of carbonyl (C=O) groups excluding carboxylic acids is 1. The number of esters is 1. The van der Waals surface area contributed by atoms with Gasteiger partial charge in [0.15, 0.2) is 0 Å². The first kappa shape index (κ1) is 14.2. The lowest BCUT2D eigenvalue weighted by Gasteiger charge is -2.31. The van der Waals surface area contributed by atoms with Crippen LogP contribution in [-0.4, -0.2) is 42.2 Å². The number of hydrogen-bond donors (Lipinski definition) is 1. The molecule has 1 heterocycles. The first-order valence-electron chi connectivity index (χ1n) is 5.72. The molecule has 0 radical (unpaired) electrons. The van der Waals surface area contributed by atoms with Crippen LogP contribution in [0, 0.1) is 0 Å². The van der Waals surface area contributed by atoms with Crippen molar-refractivity contribution in [1.82, 2.24) is 5.32 Å². The van der Waals surface area contributed by atoms with E-state index in [-0.39, 0.29) is 11.2 Å². The van der Waals surface area contributed by atoms with Gasteiger partial charge >= 0.3 is 5.97 Å². The molecule has 1 rings (SSSR count). The lowest BCUT2D eigenvalue weighted by Crippen LogP contribution is -2.57. The van der Waals surface area contributed by atoms with E-state index in [4.69, 9.17) is 10.3 Å². The SMILES string of the molecule is CCOC(=O)C1(NCCN=[N+]=[N-])CCSC1C. The smallest absolute Gasteiger partial charge is 0.327 e. The third-order valence-electron chi connectivity index (χ3n) is 2.91. The molecule has 0 saturated carbocycles. The van der Waals surface area contributed by atoms with Gasteiger partial charge in [-0.2, -0.15) is 11.8 Å². The van der Waals surface area contributed by atoms with Crippen molar-refractivity contribution in [3.8, 4) is 0 Å². The molecule has 1 fully saturated rings. The zero-order valence-corrected chi connectivity index (χ0v) is 11.0. The Morgan fingerprint density at radius 3 is 3.06 bits per heavy atom. The lowest BCUT2D eigenvalue weighted by atomic mass is 9.92. The van der Waals surface area contributed by atoms with E-state index in [1.807, 2.05) is 6.92 Å². The lowest BCUT2D eigenvalue weighted by molar-refractivity contribution is -0.151. The first-order valence-corrected chi connectivity index (χ1v) is 6.77. The van der Waals surface area contributed by atoms with Crippen molar-refractivity contribution >= 4 is 17.7 Å². The molecule has 1 aliphatic rings. The van der Waals surface area contributed by atoms with Gasteiger partial charge in [-0.05, 0) is 24.6 Å². The molecule has 0 aromatic rings. The maximum absolute atomic E-state index is 12.0. The fourth-order valence-electron chi connectivity index (χ4n) is 1.95. The number of thioether (sulfide) groups is 1. The van der Waals surface area contributed by atoms with E-state index in [9.17, 15) is 4.79 Å². The Bertz CT molecular complexity index is 319. The molecule has 6 nitrogen and oxygen atoms in total. The molecular formula is C10H18N4O2S. The number of nitrogens with one attached hydrogen (secondary N) is 1. The fraction of sp³-hybridized carbons (Fsp3) is 0.900. The molecule has 0 amide bonds. The Labute approximate surface area is 105 Å². The number of rotatable bonds is 6. The van der Waals surface area contributed by atoms with Crippen LogP contribution >= 0.6 is 11.8 Å². The van der Waals surface area contributed by atoms with E-state index in [2.05, 4.69) is 15.3 Å². The van der Waals surface area contributed by atoms with E-state index in [0.717, 1.165) is 12.2 Å². The number of hydrogen-bond acceptors (Lipinski definition) is 5. The van der Waals surface area contributed by atoms with Crippen LogP contribution in [0.25, 0.3) is 10.4 Å². The number of azide groups is 1. The van der Waals surface area contributed by atoms with Gasteiger partial charge in [-0.1, -0.05) is 12.0 Å². The standard InChI is InChI=1S/C10H18N4O2S/c1-3-16-9(15)10(4-7-17-8(10)2)12-5-6-13-14-11/h8,12H,3-7H2,1-2H3. The topological polar surface area (TPSA) is 87.1 Å². The Kier molecular flexibility index (Phi) is 5.61. The van der Waals surface area contributed by atoms with E-state index in [0.29, 0.717) is 19.7 Å². The second-order valence-electron chi connectivity index (χ2n) is 3.84. The maximum Gasteiger partial charge on any atom is 0.327 e. The van der Waals surface area contributed by atoms with Crippen LogP contribution in [0.1, 0.15) is 20.3 Å². The summed E-state index contributed by atoms with van der Waals surface area (Å²) in [6.45, 7) is 5.05. The maximum atomic E-state index is 12.0. The number of ether oxygens (including phenoxy) is 1. The highest BCUT2D eigenvalue weighted by atomic mass is 32.2. The van der Waals surface area contributed by atoms with Crippen molar-refractivity contribution < 1.29 is 9.53 Å². The molecule has 0 aliphatic carbocycles. The molecule has 2 unspecified atom stereocenters. The monoisotopic (exact) mass is 258 g/mol. The minimum absolute atomic E-state index is 0.174. The molecule has 17 heavy (non-hydrogen) atoms. The summed E-state index contributed by atoms with van der Waals surface area (Å²) in [5.41, 5.74) is 7.58. The predicted octanol–water partition coefficient (Wildman–Crippen LogP) is 1.71. The summed E-state index contributed by atoms with van der Waals surface area (Å²) in [6.07, 6.45) is 0.758. The highest BCUT2D eigenvalue weighted by molar-refractivity contribution is 8.00. The van der Waals surface area contributed by atoms with Gasteiger partial charge in [-0.25, -0.2) is 0 Å². The summed E-state index contributed by atoms with van der Waals surface area (Å²) in [5.74, 6) is 0.743. The van der Waals surface area contributed by atoms with Crippen molar-refractivity contribution in [2.75, 3.05) is 25.4 Å². The van der Waals surface area contributed by atoms with Gasteiger partial charge < -0.3 is 10.1 Å². The third-order valence-corrected chi connectivity index (χ3v) is 4.26. The normalized spacial score (nSPS) is 27.5. The Balaban J connectivity index is 2.65. The van der Waals surface area contributed by atoms with Gasteiger partial charge in [-0.3, -0.25) is 4.79 Å². The van der Waals surface area contributed by atoms with Gasteiger partial charge in [0.25, 0.3) is 0 Å². The zero-order valence-electron chi connectivity index (χ0n) is 10.2. The Morgan fingerprint density at radius 2 is 2.53 bits per heavy atom. The van der Waals surface area contributed by atoms with Gasteiger partial charge in [0.2, 0.25) is 0 Å². The van der Waals surface area contributed by atoms with Crippen LogP contribution in [-0.2, 0) is 9.53 Å².